The molecule has 2 rings (SSSR count). The SMILES string of the molecule is CCCc1c(CC)[nH]c2ccc(C(=O)C(F)(F)F)cc12. The molecule has 1 aromatic carbocycles. The number of H-pyrrole nitrogens is 1. The minimum atomic E-state index is -4.83. The number of aromatic nitrogens is 1. The maximum absolute atomic E-state index is 12.5. The van der Waals surface area contributed by atoms with E-state index in [1.165, 1.54) is 12.1 Å². The van der Waals surface area contributed by atoms with E-state index >= 15 is 0 Å². The highest BCUT2D eigenvalue weighted by Crippen LogP contribution is 2.28. The van der Waals surface area contributed by atoms with E-state index in [0.29, 0.717) is 0 Å². The van der Waals surface area contributed by atoms with Gasteiger partial charge in [0.2, 0.25) is 0 Å². The van der Waals surface area contributed by atoms with Crippen LogP contribution in [0.2, 0.25) is 0 Å². The van der Waals surface area contributed by atoms with Gasteiger partial charge < -0.3 is 4.98 Å². The molecule has 0 aliphatic heterocycles. The van der Waals surface area contributed by atoms with Crippen LogP contribution in [0.4, 0.5) is 13.2 Å². The Kier molecular flexibility index (Phi) is 3.88. The Morgan fingerprint density at radius 1 is 1.25 bits per heavy atom. The van der Waals surface area contributed by atoms with Crippen LogP contribution in [0, 0.1) is 0 Å². The molecule has 0 spiro atoms. The Labute approximate surface area is 115 Å². The molecule has 1 heterocycles. The Morgan fingerprint density at radius 2 is 1.95 bits per heavy atom. The zero-order chi connectivity index (χ0) is 14.9. The molecule has 5 heteroatoms. The van der Waals surface area contributed by atoms with Crippen molar-refractivity contribution in [2.24, 2.45) is 0 Å². The second-order valence-corrected chi connectivity index (χ2v) is 4.77. The summed E-state index contributed by atoms with van der Waals surface area (Å²) in [4.78, 5) is 14.5. The molecular formula is C15H16F3NO. The highest BCUT2D eigenvalue weighted by atomic mass is 19.4. The molecule has 1 aromatic heterocycles. The second kappa shape index (κ2) is 5.31. The van der Waals surface area contributed by atoms with Crippen LogP contribution < -0.4 is 0 Å². The summed E-state index contributed by atoms with van der Waals surface area (Å²) in [6.45, 7) is 4.01. The quantitative estimate of drug-likeness (QED) is 0.827. The average Bonchev–Trinajstić information content (AvgIpc) is 2.74. The van der Waals surface area contributed by atoms with Crippen LogP contribution in [0.15, 0.2) is 18.2 Å². The molecule has 0 bridgehead atoms. The molecule has 20 heavy (non-hydrogen) atoms. The zero-order valence-electron chi connectivity index (χ0n) is 11.4. The molecule has 0 saturated heterocycles. The number of carbonyl (C=O) groups excluding carboxylic acids is 1. The molecule has 2 nitrogen and oxygen atoms in total. The van der Waals surface area contributed by atoms with Crippen molar-refractivity contribution in [2.45, 2.75) is 39.3 Å². The van der Waals surface area contributed by atoms with E-state index in [1.54, 1.807) is 6.07 Å². The smallest absolute Gasteiger partial charge is 0.358 e. The Hall–Kier alpha value is -1.78. The van der Waals surface area contributed by atoms with Crippen molar-refractivity contribution < 1.29 is 18.0 Å². The predicted molar refractivity (Wildman–Crippen MR) is 72.1 cm³/mol. The lowest BCUT2D eigenvalue weighted by Gasteiger charge is -2.06. The number of benzene rings is 1. The molecule has 1 N–H and O–H groups in total. The van der Waals surface area contributed by atoms with E-state index in [1.807, 2.05) is 13.8 Å². The summed E-state index contributed by atoms with van der Waals surface area (Å²) in [7, 11) is 0. The summed E-state index contributed by atoms with van der Waals surface area (Å²) >= 11 is 0. The van der Waals surface area contributed by atoms with Gasteiger partial charge in [-0.15, -0.1) is 0 Å². The van der Waals surface area contributed by atoms with Crippen LogP contribution >= 0.6 is 0 Å². The first-order chi connectivity index (χ1) is 9.38. The number of hydrogen-bond donors (Lipinski definition) is 1. The average molecular weight is 283 g/mol. The molecule has 0 atom stereocenters. The van der Waals surface area contributed by atoms with Crippen LogP contribution in [-0.4, -0.2) is 16.9 Å². The highest BCUT2D eigenvalue weighted by molar-refractivity contribution is 6.03. The third-order valence-electron chi connectivity index (χ3n) is 3.37. The van der Waals surface area contributed by atoms with Crippen LogP contribution in [0.3, 0.4) is 0 Å². The zero-order valence-corrected chi connectivity index (χ0v) is 11.4. The summed E-state index contributed by atoms with van der Waals surface area (Å²) < 4.78 is 37.5. The number of carbonyl (C=O) groups is 1. The Balaban J connectivity index is 2.57. The summed E-state index contributed by atoms with van der Waals surface area (Å²) in [5.74, 6) is -1.79. The first-order valence-corrected chi connectivity index (χ1v) is 6.63. The lowest BCUT2D eigenvalue weighted by molar-refractivity contribution is -0.0885. The number of rotatable bonds is 4. The first-order valence-electron chi connectivity index (χ1n) is 6.63. The van der Waals surface area contributed by atoms with E-state index in [2.05, 4.69) is 4.98 Å². The van der Waals surface area contributed by atoms with E-state index < -0.39 is 12.0 Å². The van der Waals surface area contributed by atoms with Crippen molar-refractivity contribution >= 4 is 16.7 Å². The number of Topliss-reactive ketones (excluding diaryl/α,β-unsaturated/α-hetero) is 1. The number of aromatic amines is 1. The lowest BCUT2D eigenvalue weighted by atomic mass is 10.0. The van der Waals surface area contributed by atoms with Gasteiger partial charge in [-0.2, -0.15) is 13.2 Å². The van der Waals surface area contributed by atoms with Crippen LogP contribution in [0.5, 0.6) is 0 Å². The van der Waals surface area contributed by atoms with Crippen LogP contribution in [0.25, 0.3) is 10.9 Å². The van der Waals surface area contributed by atoms with Gasteiger partial charge >= 0.3 is 6.18 Å². The van der Waals surface area contributed by atoms with Crippen molar-refractivity contribution in [3.63, 3.8) is 0 Å². The third-order valence-corrected chi connectivity index (χ3v) is 3.37. The van der Waals surface area contributed by atoms with Gasteiger partial charge in [0.15, 0.2) is 0 Å². The minimum absolute atomic E-state index is 0.302. The fourth-order valence-corrected chi connectivity index (χ4v) is 2.45. The van der Waals surface area contributed by atoms with Gasteiger partial charge in [-0.25, -0.2) is 0 Å². The molecule has 0 radical (unpaired) electrons. The number of hydrogen-bond acceptors (Lipinski definition) is 1. The standard InChI is InChI=1S/C15H16F3NO/c1-3-5-10-11-8-9(14(20)15(16,17)18)6-7-13(11)19-12(10)4-2/h6-8,19H,3-5H2,1-2H3. The summed E-state index contributed by atoms with van der Waals surface area (Å²) in [6, 6.07) is 4.13. The van der Waals surface area contributed by atoms with Crippen LogP contribution in [0.1, 0.15) is 41.9 Å². The molecular weight excluding hydrogens is 267 g/mol. The van der Waals surface area contributed by atoms with Gasteiger partial charge in [-0.3, -0.25) is 4.79 Å². The normalized spacial score (nSPS) is 12.1. The van der Waals surface area contributed by atoms with Crippen molar-refractivity contribution in [1.82, 2.24) is 4.98 Å². The predicted octanol–water partition coefficient (Wildman–Crippen LogP) is 4.43. The largest absolute Gasteiger partial charge is 0.454 e. The summed E-state index contributed by atoms with van der Waals surface area (Å²) in [5, 5.41) is 0.721. The molecule has 0 unspecified atom stereocenters. The first kappa shape index (κ1) is 14.6. The van der Waals surface area contributed by atoms with Crippen molar-refractivity contribution in [1.29, 1.82) is 0 Å². The Morgan fingerprint density at radius 3 is 2.50 bits per heavy atom. The molecule has 108 valence electrons. The number of ketones is 1. The fraction of sp³-hybridized carbons (Fsp3) is 0.400. The third kappa shape index (κ3) is 2.57. The summed E-state index contributed by atoms with van der Waals surface area (Å²) in [5.41, 5.74) is 2.52. The second-order valence-electron chi connectivity index (χ2n) is 4.77. The van der Waals surface area contributed by atoms with E-state index in [9.17, 15) is 18.0 Å². The van der Waals surface area contributed by atoms with Crippen molar-refractivity contribution in [3.05, 3.63) is 35.0 Å². The molecule has 0 aliphatic rings. The maximum atomic E-state index is 12.5. The van der Waals surface area contributed by atoms with E-state index in [0.717, 1.165) is 41.4 Å². The van der Waals surface area contributed by atoms with Gasteiger partial charge in [0.1, 0.15) is 0 Å². The van der Waals surface area contributed by atoms with E-state index in [-0.39, 0.29) is 5.56 Å². The fourth-order valence-electron chi connectivity index (χ4n) is 2.45. The lowest BCUT2D eigenvalue weighted by Crippen LogP contribution is -2.22. The highest BCUT2D eigenvalue weighted by Gasteiger charge is 2.39. The van der Waals surface area contributed by atoms with Crippen molar-refractivity contribution in [3.8, 4) is 0 Å². The molecule has 0 aliphatic carbocycles. The molecule has 0 amide bonds. The molecule has 2 aromatic rings. The topological polar surface area (TPSA) is 32.9 Å². The minimum Gasteiger partial charge on any atom is -0.358 e. The monoisotopic (exact) mass is 283 g/mol. The molecule has 0 fully saturated rings. The van der Waals surface area contributed by atoms with Gasteiger partial charge in [-0.1, -0.05) is 20.3 Å². The number of halogens is 3. The van der Waals surface area contributed by atoms with Gasteiger partial charge in [-0.05, 0) is 36.6 Å². The maximum Gasteiger partial charge on any atom is 0.454 e. The van der Waals surface area contributed by atoms with Crippen molar-refractivity contribution in [2.75, 3.05) is 0 Å². The van der Waals surface area contributed by atoms with E-state index in [4.69, 9.17) is 0 Å². The number of nitrogens with one attached hydrogen (secondary N) is 1. The van der Waals surface area contributed by atoms with Gasteiger partial charge in [0, 0.05) is 22.2 Å². The number of alkyl halides is 3. The molecule has 0 saturated carbocycles. The number of fused-ring (bicyclic) bond motifs is 1. The summed E-state index contributed by atoms with van der Waals surface area (Å²) in [6.07, 6.45) is -2.36. The Bertz CT molecular complexity index is 640. The number of aryl methyl sites for hydroxylation is 2. The van der Waals surface area contributed by atoms with Gasteiger partial charge in [0.25, 0.3) is 5.78 Å². The van der Waals surface area contributed by atoms with Crippen LogP contribution in [-0.2, 0) is 12.8 Å². The van der Waals surface area contributed by atoms with Gasteiger partial charge in [0.05, 0.1) is 0 Å².